The summed E-state index contributed by atoms with van der Waals surface area (Å²) in [7, 11) is 0. The van der Waals surface area contributed by atoms with Crippen LogP contribution in [0.2, 0.25) is 0 Å². The first kappa shape index (κ1) is 17.3. The summed E-state index contributed by atoms with van der Waals surface area (Å²) in [6, 6.07) is 21.3. The average molecular weight is 358 g/mol. The fraction of sp³-hybridized carbons (Fsp3) is 0.217. The normalized spacial score (nSPS) is 15.8. The smallest absolute Gasteiger partial charge is 0.263 e. The maximum atomic E-state index is 12.8. The Kier molecular flexibility index (Phi) is 4.88. The topological polar surface area (TPSA) is 51.1 Å². The van der Waals surface area contributed by atoms with Gasteiger partial charge >= 0.3 is 0 Å². The van der Waals surface area contributed by atoms with E-state index >= 15 is 0 Å². The summed E-state index contributed by atoms with van der Waals surface area (Å²) in [6.45, 7) is 0.451. The largest absolute Gasteiger partial charge is 0.345 e. The molecule has 1 aromatic heterocycles. The summed E-state index contributed by atoms with van der Waals surface area (Å²) < 4.78 is 1.58. The molecule has 0 radical (unpaired) electrons. The highest BCUT2D eigenvalue weighted by atomic mass is 16.2. The number of aromatic nitrogens is 1. The molecule has 0 bridgehead atoms. The van der Waals surface area contributed by atoms with Crippen LogP contribution in [0.25, 0.3) is 0 Å². The molecular weight excluding hydrogens is 336 g/mol. The summed E-state index contributed by atoms with van der Waals surface area (Å²) in [5.74, 6) is -0.302. The molecule has 136 valence electrons. The molecule has 4 nitrogen and oxygen atoms in total. The number of fused-ring (bicyclic) bond motifs is 1. The number of nitrogens with zero attached hydrogens (tertiary/aromatic N) is 1. The molecule has 2 aromatic carbocycles. The second-order valence-corrected chi connectivity index (χ2v) is 6.96. The van der Waals surface area contributed by atoms with Gasteiger partial charge in [-0.3, -0.25) is 9.59 Å². The van der Waals surface area contributed by atoms with Crippen LogP contribution in [-0.2, 0) is 13.0 Å². The van der Waals surface area contributed by atoms with Crippen LogP contribution in [0.4, 0.5) is 0 Å². The van der Waals surface area contributed by atoms with Gasteiger partial charge in [0.25, 0.3) is 11.5 Å². The molecule has 0 saturated heterocycles. The molecule has 1 aliphatic carbocycles. The second-order valence-electron chi connectivity index (χ2n) is 6.96. The van der Waals surface area contributed by atoms with Crippen LogP contribution in [0.5, 0.6) is 0 Å². The van der Waals surface area contributed by atoms with Gasteiger partial charge in [0.2, 0.25) is 0 Å². The van der Waals surface area contributed by atoms with Crippen LogP contribution in [0.1, 0.15) is 45.9 Å². The quantitative estimate of drug-likeness (QED) is 0.773. The van der Waals surface area contributed by atoms with Crippen molar-refractivity contribution in [2.24, 2.45) is 0 Å². The van der Waals surface area contributed by atoms with Crippen LogP contribution in [0.15, 0.2) is 77.7 Å². The van der Waals surface area contributed by atoms with Crippen LogP contribution in [0, 0.1) is 0 Å². The van der Waals surface area contributed by atoms with Crippen molar-refractivity contribution < 1.29 is 4.79 Å². The van der Waals surface area contributed by atoms with Gasteiger partial charge in [-0.25, -0.2) is 0 Å². The Morgan fingerprint density at radius 1 is 1.00 bits per heavy atom. The van der Waals surface area contributed by atoms with Gasteiger partial charge in [-0.1, -0.05) is 54.6 Å². The van der Waals surface area contributed by atoms with Gasteiger partial charge in [0, 0.05) is 6.20 Å². The first-order chi connectivity index (χ1) is 13.2. The van der Waals surface area contributed by atoms with E-state index in [2.05, 4.69) is 17.4 Å². The van der Waals surface area contributed by atoms with Crippen molar-refractivity contribution in [3.8, 4) is 0 Å². The predicted octanol–water partition coefficient (Wildman–Crippen LogP) is 3.70. The van der Waals surface area contributed by atoms with E-state index in [0.717, 1.165) is 30.4 Å². The first-order valence-corrected chi connectivity index (χ1v) is 9.34. The number of carbonyl (C=O) groups excluding carboxylic acids is 1. The van der Waals surface area contributed by atoms with E-state index in [0.29, 0.717) is 6.54 Å². The Morgan fingerprint density at radius 3 is 2.63 bits per heavy atom. The lowest BCUT2D eigenvalue weighted by Crippen LogP contribution is -2.36. The lowest BCUT2D eigenvalue weighted by molar-refractivity contribution is 0.0930. The first-order valence-electron chi connectivity index (χ1n) is 9.34. The van der Waals surface area contributed by atoms with Crippen LogP contribution in [-0.4, -0.2) is 10.5 Å². The van der Waals surface area contributed by atoms with Gasteiger partial charge in [-0.15, -0.1) is 0 Å². The molecule has 27 heavy (non-hydrogen) atoms. The van der Waals surface area contributed by atoms with Crippen LogP contribution in [0.3, 0.4) is 0 Å². The molecule has 1 atom stereocenters. The average Bonchev–Trinajstić information content (AvgIpc) is 2.70. The minimum absolute atomic E-state index is 0.0374. The molecular formula is C23H22N2O2. The molecule has 1 amide bonds. The summed E-state index contributed by atoms with van der Waals surface area (Å²) in [6.07, 6.45) is 4.70. The van der Waals surface area contributed by atoms with Crippen molar-refractivity contribution in [3.05, 3.63) is 106 Å². The zero-order chi connectivity index (χ0) is 18.6. The Hall–Kier alpha value is -3.14. The van der Waals surface area contributed by atoms with E-state index in [9.17, 15) is 9.59 Å². The minimum atomic E-state index is -0.302. The highest BCUT2D eigenvalue weighted by molar-refractivity contribution is 5.94. The fourth-order valence-electron chi connectivity index (χ4n) is 3.75. The summed E-state index contributed by atoms with van der Waals surface area (Å²) in [4.78, 5) is 25.6. The fourth-order valence-corrected chi connectivity index (χ4v) is 3.75. The maximum Gasteiger partial charge on any atom is 0.263 e. The standard InChI is InChI=1S/C23H22N2O2/c26-22(24-21-14-6-11-18-10-4-5-12-19(18)21)20-13-7-15-25(23(20)27)16-17-8-2-1-3-9-17/h1-5,7-10,12-13,15,21H,6,11,14,16H2,(H,24,26). The molecule has 1 aliphatic rings. The van der Waals surface area contributed by atoms with E-state index < -0.39 is 0 Å². The van der Waals surface area contributed by atoms with Gasteiger partial charge in [0.1, 0.15) is 5.56 Å². The van der Waals surface area contributed by atoms with Gasteiger partial charge in [0.05, 0.1) is 12.6 Å². The highest BCUT2D eigenvalue weighted by Crippen LogP contribution is 2.29. The number of amides is 1. The molecule has 3 aromatic rings. The SMILES string of the molecule is O=C(NC1CCCc2ccccc21)c1cccn(Cc2ccccc2)c1=O. The molecule has 4 heteroatoms. The number of benzene rings is 2. The second kappa shape index (κ2) is 7.62. The molecule has 1 unspecified atom stereocenters. The van der Waals surface area contributed by atoms with E-state index in [1.54, 1.807) is 22.9 Å². The van der Waals surface area contributed by atoms with Crippen molar-refractivity contribution in [2.75, 3.05) is 0 Å². The summed E-state index contributed by atoms with van der Waals surface area (Å²) in [5, 5.41) is 3.07. The van der Waals surface area contributed by atoms with Gasteiger partial charge in [-0.05, 0) is 48.1 Å². The third-order valence-corrected chi connectivity index (χ3v) is 5.14. The molecule has 1 heterocycles. The Bertz CT molecular complexity index is 1010. The lowest BCUT2D eigenvalue weighted by atomic mass is 9.87. The molecule has 0 spiro atoms. The van der Waals surface area contributed by atoms with Crippen molar-refractivity contribution in [3.63, 3.8) is 0 Å². The molecule has 4 rings (SSSR count). The predicted molar refractivity (Wildman–Crippen MR) is 106 cm³/mol. The number of rotatable bonds is 4. The Morgan fingerprint density at radius 2 is 1.78 bits per heavy atom. The van der Waals surface area contributed by atoms with Crippen molar-refractivity contribution in [1.82, 2.24) is 9.88 Å². The summed E-state index contributed by atoms with van der Waals surface area (Å²) in [5.41, 5.74) is 3.40. The van der Waals surface area contributed by atoms with Crippen LogP contribution >= 0.6 is 0 Å². The third kappa shape index (κ3) is 3.70. The van der Waals surface area contributed by atoms with Gasteiger partial charge in [0.15, 0.2) is 0 Å². The van der Waals surface area contributed by atoms with E-state index in [-0.39, 0.29) is 23.1 Å². The molecule has 0 saturated carbocycles. The Labute approximate surface area is 158 Å². The third-order valence-electron chi connectivity index (χ3n) is 5.14. The molecule has 0 aliphatic heterocycles. The number of carbonyl (C=O) groups is 1. The number of aryl methyl sites for hydroxylation is 1. The molecule has 0 fully saturated rings. The van der Waals surface area contributed by atoms with Crippen molar-refractivity contribution in [1.29, 1.82) is 0 Å². The number of pyridine rings is 1. The maximum absolute atomic E-state index is 12.8. The van der Waals surface area contributed by atoms with Gasteiger partial charge in [-0.2, -0.15) is 0 Å². The van der Waals surface area contributed by atoms with E-state index in [1.807, 2.05) is 42.5 Å². The lowest BCUT2D eigenvalue weighted by Gasteiger charge is -2.26. The number of nitrogens with one attached hydrogen (secondary N) is 1. The van der Waals surface area contributed by atoms with Gasteiger partial charge < -0.3 is 9.88 Å². The monoisotopic (exact) mass is 358 g/mol. The summed E-state index contributed by atoms with van der Waals surface area (Å²) >= 11 is 0. The zero-order valence-corrected chi connectivity index (χ0v) is 15.1. The molecule has 1 N–H and O–H groups in total. The van der Waals surface area contributed by atoms with Crippen molar-refractivity contribution in [2.45, 2.75) is 31.8 Å². The number of hydrogen-bond acceptors (Lipinski definition) is 2. The van der Waals surface area contributed by atoms with Crippen LogP contribution < -0.4 is 10.9 Å². The van der Waals surface area contributed by atoms with Crippen molar-refractivity contribution >= 4 is 5.91 Å². The zero-order valence-electron chi connectivity index (χ0n) is 15.1. The Balaban J connectivity index is 1.56. The number of hydrogen-bond donors (Lipinski definition) is 1. The van der Waals surface area contributed by atoms with E-state index in [1.165, 1.54) is 5.56 Å². The van der Waals surface area contributed by atoms with E-state index in [4.69, 9.17) is 0 Å². The minimum Gasteiger partial charge on any atom is -0.345 e. The highest BCUT2D eigenvalue weighted by Gasteiger charge is 2.23.